The maximum Gasteiger partial charge on any atom is 0.270 e. The standard InChI is InChI=1S/C17H15BrClN3O3S/c1-10(2)21-17(23)14-8-12-15(19)13(18)9-20-16(12)22(14)26(24,25)11-6-4-3-5-7-11/h3-10H,1-2H3,(H,21,23). The molecule has 0 aliphatic carbocycles. The Hall–Kier alpha value is -1.90. The van der Waals surface area contributed by atoms with Gasteiger partial charge in [-0.25, -0.2) is 17.4 Å². The van der Waals surface area contributed by atoms with Crippen molar-refractivity contribution in [1.82, 2.24) is 14.3 Å². The number of fused-ring (bicyclic) bond motifs is 1. The zero-order valence-corrected chi connectivity index (χ0v) is 17.1. The van der Waals surface area contributed by atoms with E-state index in [-0.39, 0.29) is 27.3 Å². The van der Waals surface area contributed by atoms with Crippen LogP contribution in [0.25, 0.3) is 11.0 Å². The molecule has 1 amide bonds. The van der Waals surface area contributed by atoms with Gasteiger partial charge in [-0.15, -0.1) is 0 Å². The van der Waals surface area contributed by atoms with Crippen molar-refractivity contribution in [3.8, 4) is 0 Å². The molecule has 9 heteroatoms. The van der Waals surface area contributed by atoms with E-state index in [4.69, 9.17) is 11.6 Å². The number of hydrogen-bond donors (Lipinski definition) is 1. The van der Waals surface area contributed by atoms with Gasteiger partial charge >= 0.3 is 0 Å². The van der Waals surface area contributed by atoms with Crippen LogP contribution in [-0.2, 0) is 10.0 Å². The summed E-state index contributed by atoms with van der Waals surface area (Å²) in [4.78, 5) is 16.9. The van der Waals surface area contributed by atoms with Gasteiger partial charge in [-0.2, -0.15) is 0 Å². The second kappa shape index (κ2) is 7.02. The van der Waals surface area contributed by atoms with Gasteiger partial charge in [0.25, 0.3) is 15.9 Å². The second-order valence-electron chi connectivity index (χ2n) is 5.90. The number of nitrogens with one attached hydrogen (secondary N) is 1. The monoisotopic (exact) mass is 455 g/mol. The summed E-state index contributed by atoms with van der Waals surface area (Å²) in [5, 5.41) is 3.37. The number of aromatic nitrogens is 2. The van der Waals surface area contributed by atoms with E-state index in [1.807, 2.05) is 0 Å². The molecule has 3 rings (SSSR count). The highest BCUT2D eigenvalue weighted by molar-refractivity contribution is 9.10. The number of pyridine rings is 1. The Labute approximate surface area is 164 Å². The summed E-state index contributed by atoms with van der Waals surface area (Å²) >= 11 is 9.56. The number of halogens is 2. The molecule has 0 radical (unpaired) electrons. The van der Waals surface area contributed by atoms with Gasteiger partial charge in [0, 0.05) is 17.6 Å². The molecule has 2 aromatic heterocycles. The van der Waals surface area contributed by atoms with Crippen LogP contribution in [0.1, 0.15) is 24.3 Å². The molecule has 26 heavy (non-hydrogen) atoms. The molecule has 0 bridgehead atoms. The Morgan fingerprint density at radius 2 is 1.92 bits per heavy atom. The fourth-order valence-corrected chi connectivity index (χ4v) is 4.49. The third-order valence-corrected chi connectivity index (χ3v) is 6.57. The fraction of sp³-hybridized carbons (Fsp3) is 0.176. The summed E-state index contributed by atoms with van der Waals surface area (Å²) in [6.45, 7) is 3.58. The first-order valence-corrected chi connectivity index (χ1v) is 10.3. The van der Waals surface area contributed by atoms with Crippen molar-refractivity contribution >= 4 is 54.5 Å². The first-order chi connectivity index (χ1) is 12.2. The van der Waals surface area contributed by atoms with Crippen LogP contribution in [0, 0.1) is 0 Å². The minimum absolute atomic E-state index is 0.0509. The number of carbonyl (C=O) groups excluding carboxylic acids is 1. The third-order valence-electron chi connectivity index (χ3n) is 3.61. The summed E-state index contributed by atoms with van der Waals surface area (Å²) in [6, 6.07) is 9.15. The second-order valence-corrected chi connectivity index (χ2v) is 8.92. The Bertz CT molecular complexity index is 1100. The van der Waals surface area contributed by atoms with Crippen molar-refractivity contribution in [3.05, 3.63) is 57.8 Å². The van der Waals surface area contributed by atoms with Gasteiger partial charge in [-0.1, -0.05) is 29.8 Å². The molecule has 0 spiro atoms. The van der Waals surface area contributed by atoms with E-state index in [2.05, 4.69) is 26.2 Å². The summed E-state index contributed by atoms with van der Waals surface area (Å²) < 4.78 is 27.9. The van der Waals surface area contributed by atoms with E-state index in [0.717, 1.165) is 3.97 Å². The Balaban J connectivity index is 2.35. The van der Waals surface area contributed by atoms with Crippen LogP contribution >= 0.6 is 27.5 Å². The van der Waals surface area contributed by atoms with Crippen LogP contribution in [0.3, 0.4) is 0 Å². The van der Waals surface area contributed by atoms with Gasteiger partial charge in [0.15, 0.2) is 5.65 Å². The average molecular weight is 457 g/mol. The molecular weight excluding hydrogens is 442 g/mol. The Morgan fingerprint density at radius 3 is 2.54 bits per heavy atom. The number of amides is 1. The van der Waals surface area contributed by atoms with Crippen molar-refractivity contribution in [1.29, 1.82) is 0 Å². The SMILES string of the molecule is CC(C)NC(=O)c1cc2c(Cl)c(Br)cnc2n1S(=O)(=O)c1ccccc1. The van der Waals surface area contributed by atoms with Crippen LogP contribution in [0.2, 0.25) is 5.02 Å². The van der Waals surface area contributed by atoms with Crippen LogP contribution < -0.4 is 5.32 Å². The Morgan fingerprint density at radius 1 is 1.27 bits per heavy atom. The van der Waals surface area contributed by atoms with Gasteiger partial charge in [0.2, 0.25) is 0 Å². The topological polar surface area (TPSA) is 81.1 Å². The van der Waals surface area contributed by atoms with Gasteiger partial charge in [0.05, 0.1) is 14.4 Å². The number of hydrogen-bond acceptors (Lipinski definition) is 4. The fourth-order valence-electron chi connectivity index (χ4n) is 2.51. The lowest BCUT2D eigenvalue weighted by molar-refractivity contribution is 0.0937. The number of carbonyl (C=O) groups is 1. The van der Waals surface area contributed by atoms with Gasteiger partial charge < -0.3 is 5.32 Å². The molecular formula is C17H15BrClN3O3S. The highest BCUT2D eigenvalue weighted by atomic mass is 79.9. The molecule has 0 aliphatic rings. The molecule has 6 nitrogen and oxygen atoms in total. The largest absolute Gasteiger partial charge is 0.349 e. The highest BCUT2D eigenvalue weighted by Crippen LogP contribution is 2.33. The predicted molar refractivity (Wildman–Crippen MR) is 104 cm³/mol. The van der Waals surface area contributed by atoms with Gasteiger partial charge in [-0.3, -0.25) is 4.79 Å². The lowest BCUT2D eigenvalue weighted by atomic mass is 10.3. The molecule has 0 saturated carbocycles. The van der Waals surface area contributed by atoms with Crippen molar-refractivity contribution in [2.75, 3.05) is 0 Å². The van der Waals surface area contributed by atoms with E-state index in [1.165, 1.54) is 24.4 Å². The minimum Gasteiger partial charge on any atom is -0.349 e. The summed E-state index contributed by atoms with van der Waals surface area (Å²) in [5.74, 6) is -0.523. The average Bonchev–Trinajstić information content (AvgIpc) is 2.99. The quantitative estimate of drug-likeness (QED) is 0.647. The summed E-state index contributed by atoms with van der Waals surface area (Å²) in [7, 11) is -4.04. The Kier molecular flexibility index (Phi) is 5.09. The summed E-state index contributed by atoms with van der Waals surface area (Å²) in [5.41, 5.74) is 0.0426. The molecule has 0 unspecified atom stereocenters. The lowest BCUT2D eigenvalue weighted by Crippen LogP contribution is -2.33. The molecule has 1 aromatic carbocycles. The molecule has 1 N–H and O–H groups in total. The van der Waals surface area contributed by atoms with Crippen LogP contribution in [0.5, 0.6) is 0 Å². The summed E-state index contributed by atoms with van der Waals surface area (Å²) in [6.07, 6.45) is 1.41. The van der Waals surface area contributed by atoms with Crippen LogP contribution in [0.4, 0.5) is 0 Å². The molecule has 3 aromatic rings. The molecule has 0 fully saturated rings. The first-order valence-electron chi connectivity index (χ1n) is 7.70. The molecule has 2 heterocycles. The third kappa shape index (κ3) is 3.24. The van der Waals surface area contributed by atoms with E-state index >= 15 is 0 Å². The van der Waals surface area contributed by atoms with E-state index in [9.17, 15) is 13.2 Å². The number of benzene rings is 1. The maximum atomic E-state index is 13.2. The maximum absolute atomic E-state index is 13.2. The zero-order chi connectivity index (χ0) is 19.1. The van der Waals surface area contributed by atoms with Crippen molar-refractivity contribution in [2.24, 2.45) is 0 Å². The molecule has 0 aliphatic heterocycles. The molecule has 0 atom stereocenters. The smallest absolute Gasteiger partial charge is 0.270 e. The van der Waals surface area contributed by atoms with E-state index in [1.54, 1.807) is 32.0 Å². The minimum atomic E-state index is -4.04. The number of nitrogens with zero attached hydrogens (tertiary/aromatic N) is 2. The normalized spacial score (nSPS) is 11.9. The predicted octanol–water partition coefficient (Wildman–Crippen LogP) is 3.83. The van der Waals surface area contributed by atoms with E-state index in [0.29, 0.717) is 9.86 Å². The lowest BCUT2D eigenvalue weighted by Gasteiger charge is -2.13. The number of rotatable bonds is 4. The highest BCUT2D eigenvalue weighted by Gasteiger charge is 2.28. The first kappa shape index (κ1) is 18.9. The van der Waals surface area contributed by atoms with E-state index < -0.39 is 15.9 Å². The van der Waals surface area contributed by atoms with Crippen LogP contribution in [-0.4, -0.2) is 29.3 Å². The van der Waals surface area contributed by atoms with Gasteiger partial charge in [-0.05, 0) is 48.0 Å². The van der Waals surface area contributed by atoms with Crippen molar-refractivity contribution in [3.63, 3.8) is 0 Å². The van der Waals surface area contributed by atoms with Crippen molar-refractivity contribution < 1.29 is 13.2 Å². The molecule has 0 saturated heterocycles. The van der Waals surface area contributed by atoms with Gasteiger partial charge in [0.1, 0.15) is 5.69 Å². The van der Waals surface area contributed by atoms with Crippen LogP contribution in [0.15, 0.2) is 52.0 Å². The van der Waals surface area contributed by atoms with Crippen molar-refractivity contribution in [2.45, 2.75) is 24.8 Å². The molecule has 136 valence electrons. The zero-order valence-electron chi connectivity index (χ0n) is 13.9.